The van der Waals surface area contributed by atoms with Crippen LogP contribution < -0.4 is 0 Å². The predicted octanol–water partition coefficient (Wildman–Crippen LogP) is 9.56. The van der Waals surface area contributed by atoms with Crippen molar-refractivity contribution in [3.63, 3.8) is 0 Å². The Kier molecular flexibility index (Phi) is 18.1. The van der Waals surface area contributed by atoms with Crippen molar-refractivity contribution in [3.8, 4) is 17.2 Å². The van der Waals surface area contributed by atoms with E-state index in [0.717, 1.165) is 12.8 Å². The van der Waals surface area contributed by atoms with Gasteiger partial charge in [-0.15, -0.1) is 0 Å². The largest absolute Gasteiger partial charge is 0.508 e. The van der Waals surface area contributed by atoms with Crippen LogP contribution in [0.5, 0.6) is 17.2 Å². The summed E-state index contributed by atoms with van der Waals surface area (Å²) in [6.45, 7) is 2.29. The highest BCUT2D eigenvalue weighted by atomic mass is 16.3. The minimum atomic E-state index is -0.233. The molecular weight excluding hydrogens is 396 g/mol. The lowest BCUT2D eigenvalue weighted by atomic mass is 10.0. The summed E-state index contributed by atoms with van der Waals surface area (Å²) < 4.78 is 0. The highest BCUT2D eigenvalue weighted by Gasteiger charge is 2.08. The average molecular weight is 449 g/mol. The Morgan fingerprint density at radius 2 is 0.812 bits per heavy atom. The highest BCUT2D eigenvalue weighted by molar-refractivity contribution is 5.49. The molecule has 0 amide bonds. The first-order chi connectivity index (χ1) is 15.6. The van der Waals surface area contributed by atoms with Gasteiger partial charge in [0.15, 0.2) is 11.5 Å². The first-order valence-electron chi connectivity index (χ1n) is 13.9. The summed E-state index contributed by atoms with van der Waals surface area (Å²) >= 11 is 0. The van der Waals surface area contributed by atoms with Crippen LogP contribution in [0.4, 0.5) is 0 Å². The summed E-state index contributed by atoms with van der Waals surface area (Å²) in [7, 11) is 0. The quantitative estimate of drug-likeness (QED) is 0.0939. The molecule has 3 N–H and O–H groups in total. The smallest absolute Gasteiger partial charge is 0.161 e. The summed E-state index contributed by atoms with van der Waals surface area (Å²) in [4.78, 5) is 0. The molecule has 3 heteroatoms. The second-order valence-corrected chi connectivity index (χ2v) is 9.79. The molecule has 0 aromatic heterocycles. The molecule has 0 heterocycles. The van der Waals surface area contributed by atoms with Crippen LogP contribution in [0.15, 0.2) is 12.1 Å². The molecule has 0 fully saturated rings. The van der Waals surface area contributed by atoms with Gasteiger partial charge >= 0.3 is 0 Å². The lowest BCUT2D eigenvalue weighted by Gasteiger charge is -2.07. The van der Waals surface area contributed by atoms with E-state index in [2.05, 4.69) is 6.92 Å². The first-order valence-corrected chi connectivity index (χ1v) is 13.9. The molecule has 0 atom stereocenters. The molecule has 0 radical (unpaired) electrons. The van der Waals surface area contributed by atoms with Crippen LogP contribution in [-0.2, 0) is 6.42 Å². The Bertz CT molecular complexity index is 556. The zero-order valence-electron chi connectivity index (χ0n) is 21.1. The molecule has 0 aliphatic heterocycles. The number of unbranched alkanes of at least 4 members (excludes halogenated alkanes) is 20. The minimum absolute atomic E-state index is 0.0128. The van der Waals surface area contributed by atoms with E-state index in [9.17, 15) is 15.3 Å². The molecule has 0 saturated carbocycles. The molecule has 0 aliphatic carbocycles. The van der Waals surface area contributed by atoms with Crippen LogP contribution in [0.2, 0.25) is 0 Å². The van der Waals surface area contributed by atoms with Crippen molar-refractivity contribution in [2.45, 2.75) is 148 Å². The highest BCUT2D eigenvalue weighted by Crippen LogP contribution is 2.34. The van der Waals surface area contributed by atoms with Crippen molar-refractivity contribution >= 4 is 0 Å². The second-order valence-electron chi connectivity index (χ2n) is 9.79. The number of aromatic hydroxyl groups is 3. The van der Waals surface area contributed by atoms with Crippen LogP contribution in [0, 0.1) is 0 Å². The van der Waals surface area contributed by atoms with Gasteiger partial charge in [0.25, 0.3) is 0 Å². The lowest BCUT2D eigenvalue weighted by Crippen LogP contribution is -1.88. The van der Waals surface area contributed by atoms with Gasteiger partial charge in [-0.2, -0.15) is 0 Å². The molecule has 1 aromatic rings. The summed E-state index contributed by atoms with van der Waals surface area (Å²) in [5.74, 6) is -0.307. The van der Waals surface area contributed by atoms with Crippen LogP contribution in [-0.4, -0.2) is 15.3 Å². The van der Waals surface area contributed by atoms with E-state index in [0.29, 0.717) is 12.0 Å². The summed E-state index contributed by atoms with van der Waals surface area (Å²) in [6.07, 6.45) is 29.4. The SMILES string of the molecule is CCCCCCCCCCCCCCCCCCCCCCCc1cc(O)cc(O)c1O. The summed E-state index contributed by atoms with van der Waals surface area (Å²) in [5.41, 5.74) is 0.639. The molecule has 0 saturated heterocycles. The molecule has 186 valence electrons. The molecule has 0 spiro atoms. The third-order valence-corrected chi connectivity index (χ3v) is 6.70. The van der Waals surface area contributed by atoms with Crippen molar-refractivity contribution in [2.24, 2.45) is 0 Å². The monoisotopic (exact) mass is 448 g/mol. The molecule has 1 aromatic carbocycles. The van der Waals surface area contributed by atoms with Crippen LogP contribution in [0.3, 0.4) is 0 Å². The number of aryl methyl sites for hydroxylation is 1. The van der Waals surface area contributed by atoms with Gasteiger partial charge in [0.1, 0.15) is 5.75 Å². The topological polar surface area (TPSA) is 60.7 Å². The predicted molar refractivity (Wildman–Crippen MR) is 138 cm³/mol. The van der Waals surface area contributed by atoms with Crippen LogP contribution >= 0.6 is 0 Å². The number of hydrogen-bond donors (Lipinski definition) is 3. The molecule has 32 heavy (non-hydrogen) atoms. The molecule has 1 rings (SSSR count). The number of benzene rings is 1. The van der Waals surface area contributed by atoms with Gasteiger partial charge in [-0.05, 0) is 18.9 Å². The maximum Gasteiger partial charge on any atom is 0.161 e. The molecule has 0 aliphatic rings. The first kappa shape index (κ1) is 28.7. The number of hydrogen-bond acceptors (Lipinski definition) is 3. The Morgan fingerprint density at radius 1 is 0.469 bits per heavy atom. The Morgan fingerprint density at radius 3 is 1.19 bits per heavy atom. The fourth-order valence-electron chi connectivity index (χ4n) is 4.60. The standard InChI is InChI=1S/C29H52O3/c1-2-3-4-5-6-7-8-9-10-11-12-13-14-15-16-17-18-19-20-21-22-23-26-24-27(30)25-28(31)29(26)32/h24-25,30-32H,2-23H2,1H3. The Hall–Kier alpha value is -1.38. The van der Waals surface area contributed by atoms with E-state index < -0.39 is 0 Å². The van der Waals surface area contributed by atoms with Gasteiger partial charge < -0.3 is 15.3 Å². The normalized spacial score (nSPS) is 11.3. The zero-order chi connectivity index (χ0) is 23.3. The van der Waals surface area contributed by atoms with E-state index in [1.807, 2.05) is 0 Å². The van der Waals surface area contributed by atoms with Crippen molar-refractivity contribution in [3.05, 3.63) is 17.7 Å². The fourth-order valence-corrected chi connectivity index (χ4v) is 4.60. The van der Waals surface area contributed by atoms with Crippen molar-refractivity contribution < 1.29 is 15.3 Å². The molecule has 0 unspecified atom stereocenters. The third-order valence-electron chi connectivity index (χ3n) is 6.70. The fraction of sp³-hybridized carbons (Fsp3) is 0.793. The lowest BCUT2D eigenvalue weighted by molar-refractivity contribution is 0.391. The van der Waals surface area contributed by atoms with Gasteiger partial charge in [-0.3, -0.25) is 0 Å². The number of phenols is 3. The van der Waals surface area contributed by atoms with Gasteiger partial charge in [0, 0.05) is 11.6 Å². The Balaban J connectivity index is 1.77. The van der Waals surface area contributed by atoms with Crippen LogP contribution in [0.1, 0.15) is 147 Å². The van der Waals surface area contributed by atoms with Gasteiger partial charge in [0.2, 0.25) is 0 Å². The third kappa shape index (κ3) is 15.4. The maximum atomic E-state index is 9.83. The molecule has 0 bridgehead atoms. The summed E-state index contributed by atoms with van der Waals surface area (Å²) in [6, 6.07) is 2.72. The van der Waals surface area contributed by atoms with E-state index in [1.54, 1.807) is 6.07 Å². The number of rotatable bonds is 22. The van der Waals surface area contributed by atoms with E-state index in [4.69, 9.17) is 0 Å². The minimum Gasteiger partial charge on any atom is -0.508 e. The molecular formula is C29H52O3. The maximum absolute atomic E-state index is 9.83. The average Bonchev–Trinajstić information content (AvgIpc) is 2.78. The van der Waals surface area contributed by atoms with Crippen molar-refractivity contribution in [1.29, 1.82) is 0 Å². The van der Waals surface area contributed by atoms with Crippen molar-refractivity contribution in [2.75, 3.05) is 0 Å². The van der Waals surface area contributed by atoms with Gasteiger partial charge in [-0.25, -0.2) is 0 Å². The van der Waals surface area contributed by atoms with E-state index in [-0.39, 0.29) is 17.2 Å². The van der Waals surface area contributed by atoms with Crippen molar-refractivity contribution in [1.82, 2.24) is 0 Å². The number of phenolic OH excluding ortho intramolecular Hbond substituents is 3. The summed E-state index contributed by atoms with van der Waals surface area (Å²) in [5, 5.41) is 28.9. The van der Waals surface area contributed by atoms with E-state index in [1.165, 1.54) is 128 Å². The zero-order valence-corrected chi connectivity index (χ0v) is 21.1. The van der Waals surface area contributed by atoms with E-state index >= 15 is 0 Å². The second kappa shape index (κ2) is 20.2. The van der Waals surface area contributed by atoms with Crippen LogP contribution in [0.25, 0.3) is 0 Å². The molecule has 3 nitrogen and oxygen atoms in total. The van der Waals surface area contributed by atoms with Gasteiger partial charge in [0.05, 0.1) is 0 Å². The Labute approximate surface area is 198 Å². The van der Waals surface area contributed by atoms with Gasteiger partial charge in [-0.1, -0.05) is 135 Å².